The van der Waals surface area contributed by atoms with Crippen molar-refractivity contribution in [3.8, 4) is 0 Å². The molecule has 0 amide bonds. The number of nitrogens with one attached hydrogen (secondary N) is 1. The molecule has 0 radical (unpaired) electrons. The smallest absolute Gasteiger partial charge is 0.173 e. The third kappa shape index (κ3) is 0.923. The molecule has 0 bridgehead atoms. The van der Waals surface area contributed by atoms with Crippen LogP contribution in [-0.2, 0) is 0 Å². The fraction of sp³-hybridized carbons (Fsp3) is 0.800. The summed E-state index contributed by atoms with van der Waals surface area (Å²) < 4.78 is 0. The number of thioether (sulfide) groups is 1. The molecule has 0 aliphatic carbocycles. The van der Waals surface area contributed by atoms with Crippen molar-refractivity contribution in [2.45, 2.75) is 0 Å². The van der Waals surface area contributed by atoms with E-state index in [-0.39, 0.29) is 0 Å². The van der Waals surface area contributed by atoms with E-state index in [1.807, 2.05) is 11.8 Å². The van der Waals surface area contributed by atoms with E-state index in [9.17, 15) is 0 Å². The molecule has 0 atom stereocenters. The fourth-order valence-corrected chi connectivity index (χ4v) is 1.89. The lowest BCUT2D eigenvalue weighted by Gasteiger charge is -2.24. The second-order valence-corrected chi connectivity index (χ2v) is 3.13. The molecule has 0 aromatic rings. The summed E-state index contributed by atoms with van der Waals surface area (Å²) in [6, 6.07) is 0. The van der Waals surface area contributed by atoms with Crippen molar-refractivity contribution in [3.05, 3.63) is 0 Å². The van der Waals surface area contributed by atoms with Crippen LogP contribution in [0, 0.1) is 0 Å². The van der Waals surface area contributed by atoms with Gasteiger partial charge < -0.3 is 0 Å². The molecule has 0 aromatic heterocycles. The molecule has 4 heteroatoms. The summed E-state index contributed by atoms with van der Waals surface area (Å²) in [5, 5.41) is 3.31. The number of hydrogen-bond acceptors (Lipinski definition) is 4. The lowest BCUT2D eigenvalue weighted by atomic mass is 10.7. The number of aliphatic imine (C=N–C) groups is 1. The van der Waals surface area contributed by atoms with Crippen LogP contribution in [0.3, 0.4) is 0 Å². The largest absolute Gasteiger partial charge is 0.285 e. The Kier molecular flexibility index (Phi) is 1.35. The molecule has 0 aromatic carbocycles. The van der Waals surface area contributed by atoms with E-state index < -0.39 is 0 Å². The Bertz CT molecular complexity index is 145. The highest BCUT2D eigenvalue weighted by Crippen LogP contribution is 2.14. The Labute approximate surface area is 58.5 Å². The van der Waals surface area contributed by atoms with Crippen molar-refractivity contribution in [1.82, 2.24) is 10.4 Å². The van der Waals surface area contributed by atoms with Crippen LogP contribution >= 0.6 is 11.8 Å². The minimum absolute atomic E-state index is 0.968. The molecule has 1 saturated heterocycles. The number of amidine groups is 1. The van der Waals surface area contributed by atoms with Gasteiger partial charge in [0.1, 0.15) is 0 Å². The minimum atomic E-state index is 0.968. The lowest BCUT2D eigenvalue weighted by molar-refractivity contribution is 0.346. The van der Waals surface area contributed by atoms with Crippen molar-refractivity contribution >= 4 is 16.9 Å². The zero-order valence-electron chi connectivity index (χ0n) is 5.13. The summed E-state index contributed by atoms with van der Waals surface area (Å²) in [7, 11) is 0. The summed E-state index contributed by atoms with van der Waals surface area (Å²) in [5.41, 5.74) is 3.26. The zero-order chi connectivity index (χ0) is 6.10. The molecular weight excluding hydrogens is 134 g/mol. The maximum Gasteiger partial charge on any atom is 0.173 e. The van der Waals surface area contributed by atoms with Gasteiger partial charge in [0.15, 0.2) is 5.17 Å². The Morgan fingerprint density at radius 2 is 2.67 bits per heavy atom. The highest BCUT2D eigenvalue weighted by molar-refractivity contribution is 8.13. The van der Waals surface area contributed by atoms with Gasteiger partial charge in [-0.25, -0.2) is 5.43 Å². The molecule has 1 fully saturated rings. The molecule has 2 rings (SSSR count). The van der Waals surface area contributed by atoms with Crippen LogP contribution in [0.2, 0.25) is 0 Å². The fourth-order valence-electron chi connectivity index (χ4n) is 1.02. The first-order valence-electron chi connectivity index (χ1n) is 3.15. The van der Waals surface area contributed by atoms with Gasteiger partial charge in [0, 0.05) is 12.3 Å². The molecule has 2 aliphatic rings. The summed E-state index contributed by atoms with van der Waals surface area (Å²) in [5.74, 6) is 1.16. The number of hydrogen-bond donors (Lipinski definition) is 1. The second kappa shape index (κ2) is 2.19. The lowest BCUT2D eigenvalue weighted by Crippen LogP contribution is -2.44. The van der Waals surface area contributed by atoms with Crippen LogP contribution in [0.5, 0.6) is 0 Å². The van der Waals surface area contributed by atoms with Gasteiger partial charge in [-0.05, 0) is 0 Å². The predicted octanol–water partition coefficient (Wildman–Crippen LogP) is -0.0906. The molecule has 2 aliphatic heterocycles. The maximum absolute atomic E-state index is 4.30. The molecule has 3 nitrogen and oxygen atoms in total. The Morgan fingerprint density at radius 1 is 1.67 bits per heavy atom. The van der Waals surface area contributed by atoms with Crippen LogP contribution in [0.4, 0.5) is 0 Å². The van der Waals surface area contributed by atoms with Gasteiger partial charge in [0.25, 0.3) is 0 Å². The molecule has 2 heterocycles. The molecule has 0 spiro atoms. The minimum Gasteiger partial charge on any atom is -0.285 e. The van der Waals surface area contributed by atoms with E-state index in [1.165, 1.54) is 5.17 Å². The number of nitrogens with zero attached hydrogens (tertiary/aromatic N) is 2. The highest BCUT2D eigenvalue weighted by atomic mass is 32.2. The monoisotopic (exact) mass is 143 g/mol. The first-order chi connectivity index (χ1) is 4.47. The van der Waals surface area contributed by atoms with Crippen molar-refractivity contribution in [2.24, 2.45) is 4.99 Å². The normalized spacial score (nSPS) is 25.8. The third-order valence-corrected chi connectivity index (χ3v) is 2.45. The average Bonchev–Trinajstić information content (AvgIpc) is 2.33. The summed E-state index contributed by atoms with van der Waals surface area (Å²) >= 11 is 1.85. The number of fused-ring (bicyclic) bond motifs is 1. The SMILES string of the molecule is C1CN2NCCSC2=N1. The van der Waals surface area contributed by atoms with E-state index in [0.29, 0.717) is 0 Å². The molecule has 0 unspecified atom stereocenters. The third-order valence-electron chi connectivity index (χ3n) is 1.44. The van der Waals surface area contributed by atoms with Gasteiger partial charge in [0.2, 0.25) is 0 Å². The Balaban J connectivity index is 2.09. The molecular formula is C5H9N3S. The van der Waals surface area contributed by atoms with Crippen molar-refractivity contribution < 1.29 is 0 Å². The van der Waals surface area contributed by atoms with Crippen molar-refractivity contribution in [3.63, 3.8) is 0 Å². The van der Waals surface area contributed by atoms with Gasteiger partial charge in [0.05, 0.1) is 13.1 Å². The first-order valence-corrected chi connectivity index (χ1v) is 4.14. The van der Waals surface area contributed by atoms with E-state index >= 15 is 0 Å². The number of hydrazine groups is 1. The van der Waals surface area contributed by atoms with Crippen LogP contribution < -0.4 is 5.43 Å². The first kappa shape index (κ1) is 5.56. The van der Waals surface area contributed by atoms with Crippen LogP contribution in [0.25, 0.3) is 0 Å². The standard InChI is InChI=1S/C5H9N3S/c1-3-8-5(6-1)9-4-2-7-8/h7H,1-4H2. The highest BCUT2D eigenvalue weighted by Gasteiger charge is 2.19. The van der Waals surface area contributed by atoms with Crippen LogP contribution in [-0.4, -0.2) is 35.6 Å². The second-order valence-electron chi connectivity index (χ2n) is 2.07. The van der Waals surface area contributed by atoms with Gasteiger partial charge in [-0.15, -0.1) is 0 Å². The predicted molar refractivity (Wildman–Crippen MR) is 39.5 cm³/mol. The van der Waals surface area contributed by atoms with Gasteiger partial charge in [-0.2, -0.15) is 0 Å². The van der Waals surface area contributed by atoms with Crippen molar-refractivity contribution in [2.75, 3.05) is 25.4 Å². The van der Waals surface area contributed by atoms with E-state index in [1.54, 1.807) is 0 Å². The van der Waals surface area contributed by atoms with Crippen LogP contribution in [0.15, 0.2) is 4.99 Å². The average molecular weight is 143 g/mol. The quantitative estimate of drug-likeness (QED) is 0.513. The van der Waals surface area contributed by atoms with E-state index in [4.69, 9.17) is 0 Å². The van der Waals surface area contributed by atoms with Gasteiger partial charge in [-0.1, -0.05) is 11.8 Å². The van der Waals surface area contributed by atoms with Gasteiger partial charge in [-0.3, -0.25) is 10.0 Å². The van der Waals surface area contributed by atoms with Crippen molar-refractivity contribution in [1.29, 1.82) is 0 Å². The van der Waals surface area contributed by atoms with E-state index in [0.717, 1.165) is 25.4 Å². The van der Waals surface area contributed by atoms with Crippen LogP contribution in [0.1, 0.15) is 0 Å². The topological polar surface area (TPSA) is 27.6 Å². The zero-order valence-corrected chi connectivity index (χ0v) is 5.95. The molecule has 1 N–H and O–H groups in total. The Hall–Kier alpha value is -0.220. The van der Waals surface area contributed by atoms with Gasteiger partial charge >= 0.3 is 0 Å². The van der Waals surface area contributed by atoms with E-state index in [2.05, 4.69) is 15.4 Å². The summed E-state index contributed by atoms with van der Waals surface area (Å²) in [6.07, 6.45) is 0. The summed E-state index contributed by atoms with van der Waals surface area (Å²) in [4.78, 5) is 4.30. The number of rotatable bonds is 0. The molecule has 9 heavy (non-hydrogen) atoms. The summed E-state index contributed by atoms with van der Waals surface area (Å²) in [6.45, 7) is 3.11. The molecule has 50 valence electrons. The Morgan fingerprint density at radius 3 is 3.56 bits per heavy atom. The molecule has 0 saturated carbocycles. The maximum atomic E-state index is 4.30.